The van der Waals surface area contributed by atoms with Gasteiger partial charge in [-0.1, -0.05) is 11.6 Å². The minimum atomic E-state index is -4.63. The Morgan fingerprint density at radius 2 is 1.85 bits per heavy atom. The largest absolute Gasteiger partial charge is 0.416 e. The van der Waals surface area contributed by atoms with Gasteiger partial charge < -0.3 is 4.90 Å². The Morgan fingerprint density at radius 3 is 2.45 bits per heavy atom. The van der Waals surface area contributed by atoms with Crippen molar-refractivity contribution in [3.05, 3.63) is 46.9 Å². The zero-order valence-electron chi connectivity index (χ0n) is 10.1. The summed E-state index contributed by atoms with van der Waals surface area (Å²) in [5.74, 6) is -0.784. The van der Waals surface area contributed by atoms with Crippen LogP contribution in [0, 0.1) is 5.82 Å². The van der Waals surface area contributed by atoms with E-state index in [1.807, 2.05) is 0 Å². The number of hydrogen-bond donors (Lipinski definition) is 0. The van der Waals surface area contributed by atoms with E-state index in [1.165, 1.54) is 24.2 Å². The van der Waals surface area contributed by atoms with Crippen LogP contribution in [0.15, 0.2) is 30.5 Å². The van der Waals surface area contributed by atoms with Crippen LogP contribution in [0.25, 0.3) is 0 Å². The molecule has 0 N–H and O–H groups in total. The number of halogens is 5. The number of nitrogens with zero attached hydrogens (tertiary/aromatic N) is 3. The Morgan fingerprint density at radius 1 is 1.15 bits per heavy atom. The van der Waals surface area contributed by atoms with Gasteiger partial charge in [-0.2, -0.15) is 18.3 Å². The first-order valence-electron chi connectivity index (χ1n) is 5.37. The van der Waals surface area contributed by atoms with E-state index >= 15 is 0 Å². The van der Waals surface area contributed by atoms with Crippen LogP contribution in [-0.2, 0) is 6.18 Å². The highest BCUT2D eigenvalue weighted by molar-refractivity contribution is 6.30. The Bertz CT molecular complexity index is 630. The molecular weight excluding hydrogens is 298 g/mol. The van der Waals surface area contributed by atoms with Crippen LogP contribution in [0.5, 0.6) is 0 Å². The molecule has 2 rings (SSSR count). The summed E-state index contributed by atoms with van der Waals surface area (Å²) in [6.07, 6.45) is -3.34. The molecule has 8 heteroatoms. The highest BCUT2D eigenvalue weighted by Crippen LogP contribution is 2.33. The summed E-state index contributed by atoms with van der Waals surface area (Å²) in [6.45, 7) is 0. The maximum Gasteiger partial charge on any atom is 0.416 e. The van der Waals surface area contributed by atoms with Gasteiger partial charge in [-0.25, -0.2) is 4.39 Å². The zero-order chi connectivity index (χ0) is 14.9. The molecule has 0 aliphatic carbocycles. The van der Waals surface area contributed by atoms with Crippen LogP contribution in [0.1, 0.15) is 5.56 Å². The maximum atomic E-state index is 13.3. The van der Waals surface area contributed by atoms with Crippen LogP contribution in [0.4, 0.5) is 29.1 Å². The van der Waals surface area contributed by atoms with Gasteiger partial charge in [-0.3, -0.25) is 0 Å². The molecule has 1 heterocycles. The summed E-state index contributed by atoms with van der Waals surface area (Å²) >= 11 is 5.73. The van der Waals surface area contributed by atoms with Crippen molar-refractivity contribution in [1.29, 1.82) is 0 Å². The van der Waals surface area contributed by atoms with Crippen molar-refractivity contribution in [3.8, 4) is 0 Å². The summed E-state index contributed by atoms with van der Waals surface area (Å²) in [6, 6.07) is 3.64. The quantitative estimate of drug-likeness (QED) is 0.784. The number of anilines is 2. The fraction of sp³-hybridized carbons (Fsp3) is 0.167. The third-order valence-corrected chi connectivity index (χ3v) is 2.76. The number of rotatable bonds is 2. The number of alkyl halides is 3. The predicted octanol–water partition coefficient (Wildman–Crippen LogP) is 4.06. The summed E-state index contributed by atoms with van der Waals surface area (Å²) in [7, 11) is 1.44. The van der Waals surface area contributed by atoms with Crippen molar-refractivity contribution < 1.29 is 17.6 Å². The SMILES string of the molecule is CN(c1cc(F)cc(C(F)(F)F)c1)c1cc(Cl)cnn1. The third kappa shape index (κ3) is 3.16. The Hall–Kier alpha value is -1.89. The minimum absolute atomic E-state index is 0.00566. The van der Waals surface area contributed by atoms with Crippen LogP contribution < -0.4 is 4.90 Å². The van der Waals surface area contributed by atoms with E-state index in [-0.39, 0.29) is 16.5 Å². The molecule has 0 bridgehead atoms. The van der Waals surface area contributed by atoms with Crippen LogP contribution >= 0.6 is 11.6 Å². The van der Waals surface area contributed by atoms with E-state index in [9.17, 15) is 17.6 Å². The second-order valence-corrected chi connectivity index (χ2v) is 4.42. The summed E-state index contributed by atoms with van der Waals surface area (Å²) in [5, 5.41) is 7.58. The zero-order valence-corrected chi connectivity index (χ0v) is 10.9. The molecule has 1 aromatic heterocycles. The van der Waals surface area contributed by atoms with E-state index in [0.29, 0.717) is 6.07 Å². The summed E-state index contributed by atoms with van der Waals surface area (Å²) < 4.78 is 51.3. The van der Waals surface area contributed by atoms with Crippen molar-refractivity contribution in [2.24, 2.45) is 0 Å². The lowest BCUT2D eigenvalue weighted by Crippen LogP contribution is -2.14. The normalized spacial score (nSPS) is 11.5. The third-order valence-electron chi connectivity index (χ3n) is 2.55. The van der Waals surface area contributed by atoms with Crippen molar-refractivity contribution in [1.82, 2.24) is 10.2 Å². The first-order chi connectivity index (χ1) is 9.27. The van der Waals surface area contributed by atoms with Crippen molar-refractivity contribution in [2.45, 2.75) is 6.18 Å². The molecule has 0 unspecified atom stereocenters. The lowest BCUT2D eigenvalue weighted by Gasteiger charge is -2.19. The maximum absolute atomic E-state index is 13.3. The summed E-state index contributed by atoms with van der Waals surface area (Å²) in [5.41, 5.74) is -1.08. The minimum Gasteiger partial charge on any atom is -0.328 e. The smallest absolute Gasteiger partial charge is 0.328 e. The van der Waals surface area contributed by atoms with Gasteiger partial charge in [-0.15, -0.1) is 5.10 Å². The van der Waals surface area contributed by atoms with Gasteiger partial charge in [0.05, 0.1) is 16.8 Å². The van der Waals surface area contributed by atoms with Crippen LogP contribution in [0.3, 0.4) is 0 Å². The standard InChI is InChI=1S/C12H8ClF4N3/c1-20(11-4-8(13)6-18-19-11)10-3-7(12(15,16)17)2-9(14)5-10/h2-6H,1H3. The second kappa shape index (κ2) is 5.24. The summed E-state index contributed by atoms with van der Waals surface area (Å²) in [4.78, 5) is 1.26. The Kier molecular flexibility index (Phi) is 3.80. The fourth-order valence-corrected chi connectivity index (χ4v) is 1.70. The van der Waals surface area contributed by atoms with E-state index in [2.05, 4.69) is 10.2 Å². The lowest BCUT2D eigenvalue weighted by atomic mass is 10.1. The molecule has 0 radical (unpaired) electrons. The molecule has 106 valence electrons. The van der Waals surface area contributed by atoms with E-state index in [4.69, 9.17) is 11.6 Å². The molecule has 3 nitrogen and oxygen atoms in total. The van der Waals surface area contributed by atoms with Crippen LogP contribution in [-0.4, -0.2) is 17.2 Å². The molecule has 2 aromatic rings. The first kappa shape index (κ1) is 14.5. The molecule has 0 aliphatic heterocycles. The molecule has 0 saturated heterocycles. The van der Waals surface area contributed by atoms with Gasteiger partial charge in [0.15, 0.2) is 5.82 Å². The van der Waals surface area contributed by atoms with Gasteiger partial charge >= 0.3 is 6.18 Å². The molecule has 1 aromatic carbocycles. The van der Waals surface area contributed by atoms with E-state index in [0.717, 1.165) is 12.1 Å². The molecule has 0 aliphatic rings. The average molecular weight is 306 g/mol. The highest BCUT2D eigenvalue weighted by atomic mass is 35.5. The molecule has 0 atom stereocenters. The highest BCUT2D eigenvalue weighted by Gasteiger charge is 2.31. The topological polar surface area (TPSA) is 29.0 Å². The van der Waals surface area contributed by atoms with Crippen molar-refractivity contribution in [2.75, 3.05) is 11.9 Å². The lowest BCUT2D eigenvalue weighted by molar-refractivity contribution is -0.137. The average Bonchev–Trinajstić information content (AvgIpc) is 2.36. The van der Waals surface area contributed by atoms with Gasteiger partial charge in [0.25, 0.3) is 0 Å². The van der Waals surface area contributed by atoms with E-state index in [1.54, 1.807) is 0 Å². The Labute approximate surface area is 116 Å². The molecular formula is C12H8ClF4N3. The Balaban J connectivity index is 2.45. The monoisotopic (exact) mass is 305 g/mol. The van der Waals surface area contributed by atoms with Gasteiger partial charge in [0.1, 0.15) is 5.82 Å². The van der Waals surface area contributed by atoms with Crippen molar-refractivity contribution >= 4 is 23.1 Å². The number of aromatic nitrogens is 2. The van der Waals surface area contributed by atoms with Gasteiger partial charge in [0.2, 0.25) is 0 Å². The predicted molar refractivity (Wildman–Crippen MR) is 66.5 cm³/mol. The van der Waals surface area contributed by atoms with E-state index < -0.39 is 17.6 Å². The number of benzene rings is 1. The molecule has 0 amide bonds. The molecule has 0 saturated carbocycles. The molecule has 20 heavy (non-hydrogen) atoms. The number of hydrogen-bond acceptors (Lipinski definition) is 3. The van der Waals surface area contributed by atoms with Crippen LogP contribution in [0.2, 0.25) is 5.02 Å². The van der Waals surface area contributed by atoms with Gasteiger partial charge in [0, 0.05) is 18.8 Å². The second-order valence-electron chi connectivity index (χ2n) is 3.99. The molecule has 0 spiro atoms. The molecule has 0 fully saturated rings. The fourth-order valence-electron chi connectivity index (χ4n) is 1.56. The van der Waals surface area contributed by atoms with Crippen molar-refractivity contribution in [3.63, 3.8) is 0 Å². The first-order valence-corrected chi connectivity index (χ1v) is 5.75. The van der Waals surface area contributed by atoms with Gasteiger partial charge in [-0.05, 0) is 18.2 Å².